The van der Waals surface area contributed by atoms with Crippen molar-refractivity contribution >= 4 is 44.3 Å². The van der Waals surface area contributed by atoms with Gasteiger partial charge in [0.25, 0.3) is 11.8 Å². The minimum absolute atomic E-state index is 0.495. The van der Waals surface area contributed by atoms with E-state index < -0.39 is 0 Å². The van der Waals surface area contributed by atoms with Gasteiger partial charge in [-0.2, -0.15) is 9.97 Å². The number of hydrogen-bond donors (Lipinski definition) is 0. The van der Waals surface area contributed by atoms with E-state index in [2.05, 4.69) is 9.97 Å². The highest BCUT2D eigenvalue weighted by Crippen LogP contribution is 2.48. The molecule has 2 aromatic rings. The van der Waals surface area contributed by atoms with Crippen LogP contribution in [0.2, 0.25) is 0 Å². The number of hydrogen-bond acceptors (Lipinski definition) is 10. The van der Waals surface area contributed by atoms with Crippen molar-refractivity contribution in [2.75, 3.05) is 28.4 Å². The van der Waals surface area contributed by atoms with Crippen molar-refractivity contribution < 1.29 is 18.9 Å². The molecule has 0 spiro atoms. The molecule has 0 aliphatic heterocycles. The highest BCUT2D eigenvalue weighted by molar-refractivity contribution is 8.77. The standard InChI is InChI=1S/C10H12N2O4S4/c1-13-5-7(15-3)17-9(11-5)19-20-10-12-6(14-2)8(16-4)18-10/h1-4H3. The first kappa shape index (κ1) is 15.5. The third-order valence-electron chi connectivity index (χ3n) is 2.04. The molecule has 0 aliphatic carbocycles. The zero-order chi connectivity index (χ0) is 14.5. The largest absolute Gasteiger partial charge is 0.483 e. The maximum Gasteiger partial charge on any atom is 0.270 e. The molecule has 2 rings (SSSR count). The topological polar surface area (TPSA) is 62.7 Å². The molecule has 0 radical (unpaired) electrons. The summed E-state index contributed by atoms with van der Waals surface area (Å²) in [6.45, 7) is 0. The fourth-order valence-electron chi connectivity index (χ4n) is 1.21. The van der Waals surface area contributed by atoms with Crippen LogP contribution in [0, 0.1) is 0 Å². The van der Waals surface area contributed by atoms with Crippen LogP contribution in [0.15, 0.2) is 8.68 Å². The normalized spacial score (nSPS) is 10.4. The molecule has 0 aliphatic rings. The Bertz CT molecular complexity index is 478. The third-order valence-corrected chi connectivity index (χ3v) is 7.00. The summed E-state index contributed by atoms with van der Waals surface area (Å²) < 4.78 is 22.3. The van der Waals surface area contributed by atoms with Gasteiger partial charge in [-0.25, -0.2) is 0 Å². The Labute approximate surface area is 132 Å². The van der Waals surface area contributed by atoms with E-state index in [0.717, 1.165) is 8.68 Å². The fourth-order valence-corrected chi connectivity index (χ4v) is 5.37. The van der Waals surface area contributed by atoms with E-state index in [0.29, 0.717) is 21.9 Å². The molecule has 0 fully saturated rings. The third kappa shape index (κ3) is 3.43. The quantitative estimate of drug-likeness (QED) is 0.702. The first-order valence-electron chi connectivity index (χ1n) is 5.24. The van der Waals surface area contributed by atoms with Crippen LogP contribution in [0.5, 0.6) is 21.9 Å². The van der Waals surface area contributed by atoms with E-state index in [1.807, 2.05) is 0 Å². The second kappa shape index (κ2) is 7.25. The summed E-state index contributed by atoms with van der Waals surface area (Å²) in [5.74, 6) is 0.991. The molecule has 0 aromatic carbocycles. The number of rotatable bonds is 7. The number of ether oxygens (including phenoxy) is 4. The van der Waals surface area contributed by atoms with Crippen molar-refractivity contribution in [3.8, 4) is 21.9 Å². The van der Waals surface area contributed by atoms with Crippen LogP contribution in [0.25, 0.3) is 0 Å². The predicted octanol–water partition coefficient (Wildman–Crippen LogP) is 3.43. The van der Waals surface area contributed by atoms with E-state index in [4.69, 9.17) is 18.9 Å². The van der Waals surface area contributed by atoms with E-state index in [-0.39, 0.29) is 0 Å². The summed E-state index contributed by atoms with van der Waals surface area (Å²) in [7, 11) is 9.28. The predicted molar refractivity (Wildman–Crippen MR) is 82.2 cm³/mol. The summed E-state index contributed by atoms with van der Waals surface area (Å²) in [4.78, 5) is 8.62. The Balaban J connectivity index is 2.04. The van der Waals surface area contributed by atoms with Gasteiger partial charge in [-0.3, -0.25) is 0 Å². The Morgan fingerprint density at radius 3 is 1.35 bits per heavy atom. The lowest BCUT2D eigenvalue weighted by Crippen LogP contribution is -1.86. The number of methoxy groups -OCH3 is 4. The SMILES string of the molecule is COc1nc(SSc2nc(OC)c(OC)s2)sc1OC. The van der Waals surface area contributed by atoms with E-state index in [1.165, 1.54) is 44.3 Å². The molecule has 2 heterocycles. The van der Waals surface area contributed by atoms with E-state index in [1.54, 1.807) is 28.4 Å². The molecule has 10 heteroatoms. The lowest BCUT2D eigenvalue weighted by atomic mass is 10.8. The summed E-state index contributed by atoms with van der Waals surface area (Å²) in [5.41, 5.74) is 0. The molecule has 0 unspecified atom stereocenters. The van der Waals surface area contributed by atoms with Crippen LogP contribution in [0.1, 0.15) is 0 Å². The maximum atomic E-state index is 5.18. The zero-order valence-corrected chi connectivity index (χ0v) is 14.4. The number of aromatic nitrogens is 2. The minimum Gasteiger partial charge on any atom is -0.483 e. The highest BCUT2D eigenvalue weighted by atomic mass is 33.1. The van der Waals surface area contributed by atoms with E-state index in [9.17, 15) is 0 Å². The average molecular weight is 352 g/mol. The van der Waals surface area contributed by atoms with Crippen molar-refractivity contribution in [1.82, 2.24) is 9.97 Å². The monoisotopic (exact) mass is 352 g/mol. The fraction of sp³-hybridized carbons (Fsp3) is 0.400. The van der Waals surface area contributed by atoms with Crippen LogP contribution in [-0.2, 0) is 0 Å². The van der Waals surface area contributed by atoms with Crippen LogP contribution in [-0.4, -0.2) is 38.4 Å². The lowest BCUT2D eigenvalue weighted by molar-refractivity contribution is 0.352. The molecule has 110 valence electrons. The Morgan fingerprint density at radius 1 is 0.700 bits per heavy atom. The molecular weight excluding hydrogens is 340 g/mol. The van der Waals surface area contributed by atoms with Crippen molar-refractivity contribution in [2.45, 2.75) is 8.68 Å². The first-order chi connectivity index (χ1) is 9.71. The van der Waals surface area contributed by atoms with Gasteiger partial charge in [-0.15, -0.1) is 0 Å². The molecule has 2 aromatic heterocycles. The highest BCUT2D eigenvalue weighted by Gasteiger charge is 2.16. The molecule has 0 amide bonds. The van der Waals surface area contributed by atoms with Gasteiger partial charge in [0.2, 0.25) is 10.1 Å². The van der Waals surface area contributed by atoms with Gasteiger partial charge in [0, 0.05) is 0 Å². The van der Waals surface area contributed by atoms with Crippen LogP contribution in [0.3, 0.4) is 0 Å². The van der Waals surface area contributed by atoms with Gasteiger partial charge in [0.05, 0.1) is 28.4 Å². The van der Waals surface area contributed by atoms with E-state index >= 15 is 0 Å². The van der Waals surface area contributed by atoms with Crippen molar-refractivity contribution in [3.63, 3.8) is 0 Å². The second-order valence-corrected chi connectivity index (χ2v) is 7.67. The molecule has 0 bridgehead atoms. The molecule has 0 atom stereocenters. The summed E-state index contributed by atoms with van der Waals surface area (Å²) in [6.07, 6.45) is 0. The number of thiazole rings is 2. The second-order valence-electron chi connectivity index (χ2n) is 3.13. The van der Waals surface area contributed by atoms with Crippen LogP contribution in [0.4, 0.5) is 0 Å². The van der Waals surface area contributed by atoms with Crippen LogP contribution >= 0.6 is 44.3 Å². The Morgan fingerprint density at radius 2 is 1.10 bits per heavy atom. The Hall–Kier alpha value is -0.840. The molecule has 20 heavy (non-hydrogen) atoms. The zero-order valence-electron chi connectivity index (χ0n) is 11.2. The molecule has 0 saturated carbocycles. The smallest absolute Gasteiger partial charge is 0.270 e. The van der Waals surface area contributed by atoms with Gasteiger partial charge in [0.15, 0.2) is 8.68 Å². The first-order valence-corrected chi connectivity index (χ1v) is 9.02. The molecule has 6 nitrogen and oxygen atoms in total. The average Bonchev–Trinajstić information content (AvgIpc) is 3.07. The van der Waals surface area contributed by atoms with Gasteiger partial charge in [-0.05, 0) is 21.6 Å². The number of nitrogens with zero attached hydrogens (tertiary/aromatic N) is 2. The van der Waals surface area contributed by atoms with Crippen molar-refractivity contribution in [3.05, 3.63) is 0 Å². The van der Waals surface area contributed by atoms with Gasteiger partial charge in [0.1, 0.15) is 0 Å². The van der Waals surface area contributed by atoms with Gasteiger partial charge >= 0.3 is 0 Å². The summed E-state index contributed by atoms with van der Waals surface area (Å²) in [6, 6.07) is 0. The van der Waals surface area contributed by atoms with Gasteiger partial charge in [-0.1, -0.05) is 22.7 Å². The minimum atomic E-state index is 0.495. The van der Waals surface area contributed by atoms with Crippen LogP contribution < -0.4 is 18.9 Å². The van der Waals surface area contributed by atoms with Crippen molar-refractivity contribution in [1.29, 1.82) is 0 Å². The lowest BCUT2D eigenvalue weighted by Gasteiger charge is -1.95. The molecule has 0 saturated heterocycles. The molecular formula is C10H12N2O4S4. The Kier molecular flexibility index (Phi) is 5.64. The maximum absolute atomic E-state index is 5.18. The van der Waals surface area contributed by atoms with Crippen molar-refractivity contribution in [2.24, 2.45) is 0 Å². The molecule has 0 N–H and O–H groups in total. The summed E-state index contributed by atoms with van der Waals surface area (Å²) >= 11 is 2.85. The van der Waals surface area contributed by atoms with Gasteiger partial charge < -0.3 is 18.9 Å². The summed E-state index contributed by atoms with van der Waals surface area (Å²) in [5, 5.41) is 1.31.